The summed E-state index contributed by atoms with van der Waals surface area (Å²) in [6, 6.07) is 2.85. The lowest BCUT2D eigenvalue weighted by atomic mass is 10.1. The van der Waals surface area contributed by atoms with Gasteiger partial charge in [0.15, 0.2) is 0 Å². The van der Waals surface area contributed by atoms with Crippen LogP contribution in [0.4, 0.5) is 0 Å². The summed E-state index contributed by atoms with van der Waals surface area (Å²) >= 11 is 0.805. The van der Waals surface area contributed by atoms with Gasteiger partial charge < -0.3 is 24.1 Å². The first-order chi connectivity index (χ1) is 10.9. The van der Waals surface area contributed by atoms with Crippen LogP contribution in [-0.2, 0) is 4.79 Å². The Balaban J connectivity index is 2.41. The molecule has 23 heavy (non-hydrogen) atoms. The standard InChI is InChI=1S/C14H14N2O6S/c1-7-15-16-14(22-7)23-11(13(18)19)6-8-4-9(20-2)12(17)10(5-8)21-3/h4-6,17H,1-3H3,(H,18,19)/p-1/b11-6-. The van der Waals surface area contributed by atoms with Gasteiger partial charge >= 0.3 is 5.97 Å². The highest BCUT2D eigenvalue weighted by molar-refractivity contribution is 8.03. The number of aromatic nitrogens is 2. The minimum Gasteiger partial charge on any atom is -0.867 e. The van der Waals surface area contributed by atoms with Crippen molar-refractivity contribution in [1.82, 2.24) is 10.2 Å². The fourth-order valence-corrected chi connectivity index (χ4v) is 2.40. The molecule has 0 radical (unpaired) electrons. The normalized spacial score (nSPS) is 11.3. The number of aryl methyl sites for hydroxylation is 1. The van der Waals surface area contributed by atoms with E-state index in [1.54, 1.807) is 6.92 Å². The molecule has 1 N–H and O–H groups in total. The molecule has 0 unspecified atom stereocenters. The van der Waals surface area contributed by atoms with E-state index in [1.807, 2.05) is 0 Å². The van der Waals surface area contributed by atoms with E-state index >= 15 is 0 Å². The Labute approximate surface area is 135 Å². The first-order valence-corrected chi connectivity index (χ1v) is 7.12. The Morgan fingerprint density at radius 2 is 1.91 bits per heavy atom. The van der Waals surface area contributed by atoms with Crippen molar-refractivity contribution in [2.24, 2.45) is 0 Å². The number of carboxylic acid groups (broad SMARTS) is 1. The number of ether oxygens (including phenoxy) is 2. The van der Waals surface area contributed by atoms with Crippen molar-refractivity contribution in [3.05, 3.63) is 28.5 Å². The van der Waals surface area contributed by atoms with Gasteiger partial charge in [0.25, 0.3) is 5.22 Å². The molecule has 0 aliphatic heterocycles. The molecular formula is C14H13N2O6S-. The molecule has 2 rings (SSSR count). The smallest absolute Gasteiger partial charge is 0.342 e. The zero-order chi connectivity index (χ0) is 17.0. The molecule has 1 heterocycles. The van der Waals surface area contributed by atoms with Crippen LogP contribution < -0.4 is 14.6 Å². The van der Waals surface area contributed by atoms with Crippen molar-refractivity contribution in [1.29, 1.82) is 0 Å². The molecule has 0 atom stereocenters. The van der Waals surface area contributed by atoms with Gasteiger partial charge in [-0.1, -0.05) is 0 Å². The molecule has 0 saturated carbocycles. The summed E-state index contributed by atoms with van der Waals surface area (Å²) in [5.74, 6) is -1.14. The molecule has 9 heteroatoms. The summed E-state index contributed by atoms with van der Waals surface area (Å²) in [6.07, 6.45) is 1.36. The fourth-order valence-electron chi connectivity index (χ4n) is 1.68. The van der Waals surface area contributed by atoms with Gasteiger partial charge in [-0.3, -0.25) is 0 Å². The second-order valence-corrected chi connectivity index (χ2v) is 5.25. The summed E-state index contributed by atoms with van der Waals surface area (Å²) < 4.78 is 15.1. The number of carboxylic acids is 1. The molecule has 1 aromatic carbocycles. The van der Waals surface area contributed by atoms with Crippen molar-refractivity contribution in [2.45, 2.75) is 12.1 Å². The molecule has 1 aromatic heterocycles. The van der Waals surface area contributed by atoms with Crippen LogP contribution in [0.2, 0.25) is 0 Å². The third-order valence-corrected chi connectivity index (χ3v) is 3.55. The van der Waals surface area contributed by atoms with Crippen LogP contribution in [0, 0.1) is 6.92 Å². The van der Waals surface area contributed by atoms with Crippen molar-refractivity contribution in [3.8, 4) is 17.2 Å². The number of hydrogen-bond acceptors (Lipinski definition) is 8. The van der Waals surface area contributed by atoms with E-state index in [1.165, 1.54) is 32.4 Å². The first kappa shape index (κ1) is 16.7. The summed E-state index contributed by atoms with van der Waals surface area (Å²) in [4.78, 5) is 11.3. The molecule has 0 saturated heterocycles. The second kappa shape index (κ2) is 7.05. The maximum atomic E-state index is 11.9. The number of methoxy groups -OCH3 is 2. The molecule has 8 nitrogen and oxygen atoms in total. The third-order valence-electron chi connectivity index (χ3n) is 2.70. The largest absolute Gasteiger partial charge is 0.867 e. The van der Waals surface area contributed by atoms with Crippen molar-refractivity contribution in [3.63, 3.8) is 0 Å². The fraction of sp³-hybridized carbons (Fsp3) is 0.214. The zero-order valence-corrected chi connectivity index (χ0v) is 13.3. The van der Waals surface area contributed by atoms with Crippen molar-refractivity contribution >= 4 is 23.8 Å². The highest BCUT2D eigenvalue weighted by atomic mass is 32.2. The number of nitrogens with zero attached hydrogens (tertiary/aromatic N) is 2. The lowest BCUT2D eigenvalue weighted by Crippen LogP contribution is -2.00. The average molecular weight is 337 g/mol. The van der Waals surface area contributed by atoms with Crippen LogP contribution in [0.3, 0.4) is 0 Å². The lowest BCUT2D eigenvalue weighted by molar-refractivity contribution is -0.271. The highest BCUT2D eigenvalue weighted by Crippen LogP contribution is 2.36. The molecule has 0 aliphatic rings. The lowest BCUT2D eigenvalue weighted by Gasteiger charge is -2.17. The van der Waals surface area contributed by atoms with Gasteiger partial charge in [-0.2, -0.15) is 0 Å². The maximum absolute atomic E-state index is 11.9. The molecule has 122 valence electrons. The number of aliphatic carboxylic acids is 1. The van der Waals surface area contributed by atoms with Gasteiger partial charge in [0.05, 0.1) is 14.2 Å². The van der Waals surface area contributed by atoms with Gasteiger partial charge in [-0.05, 0) is 41.3 Å². The molecular weight excluding hydrogens is 324 g/mol. The average Bonchev–Trinajstić information content (AvgIpc) is 2.93. The van der Waals surface area contributed by atoms with E-state index in [4.69, 9.17) is 13.9 Å². The summed E-state index contributed by atoms with van der Waals surface area (Å²) in [5, 5.41) is 28.7. The molecule has 0 fully saturated rings. The van der Waals surface area contributed by atoms with Crippen LogP contribution >= 0.6 is 11.8 Å². The minimum atomic E-state index is -1.17. The van der Waals surface area contributed by atoms with Gasteiger partial charge in [0, 0.05) is 6.92 Å². The summed E-state index contributed by atoms with van der Waals surface area (Å²) in [6.45, 7) is 1.60. The van der Waals surface area contributed by atoms with Crippen LogP contribution in [-0.4, -0.2) is 35.5 Å². The Bertz CT molecular complexity index is 730. The van der Waals surface area contributed by atoms with E-state index in [9.17, 15) is 15.0 Å². The SMILES string of the molecule is COc1cc(/C=C(\Sc2nnc(C)o2)C(=O)O)cc(OC)c1[O-]. The third kappa shape index (κ3) is 3.95. The molecule has 0 bridgehead atoms. The Morgan fingerprint density at radius 1 is 1.30 bits per heavy atom. The number of thioether (sulfide) groups is 1. The van der Waals surface area contributed by atoms with Gasteiger partial charge in [-0.25, -0.2) is 4.79 Å². The highest BCUT2D eigenvalue weighted by Gasteiger charge is 2.15. The minimum absolute atomic E-state index is 0.0546. The molecule has 0 spiro atoms. The number of carbonyl (C=O) groups is 1. The van der Waals surface area contributed by atoms with Gasteiger partial charge in [0.2, 0.25) is 5.89 Å². The number of rotatable bonds is 6. The monoisotopic (exact) mass is 337 g/mol. The van der Waals surface area contributed by atoms with E-state index in [-0.39, 0.29) is 21.6 Å². The Kier molecular flexibility index (Phi) is 5.12. The maximum Gasteiger partial charge on any atom is 0.342 e. The van der Waals surface area contributed by atoms with E-state index in [0.717, 1.165) is 11.8 Å². The van der Waals surface area contributed by atoms with Crippen LogP contribution in [0.25, 0.3) is 6.08 Å². The molecule has 0 aliphatic carbocycles. The molecule has 2 aromatic rings. The number of benzene rings is 1. The van der Waals surface area contributed by atoms with Crippen molar-refractivity contribution in [2.75, 3.05) is 14.2 Å². The topological polar surface area (TPSA) is 118 Å². The zero-order valence-electron chi connectivity index (χ0n) is 12.5. The van der Waals surface area contributed by atoms with E-state index in [2.05, 4.69) is 10.2 Å². The summed E-state index contributed by atoms with van der Waals surface area (Å²) in [5.41, 5.74) is 0.430. The Morgan fingerprint density at radius 3 is 2.35 bits per heavy atom. The number of hydrogen-bond donors (Lipinski definition) is 1. The predicted octanol–water partition coefficient (Wildman–Crippen LogP) is 1.69. The van der Waals surface area contributed by atoms with E-state index < -0.39 is 11.7 Å². The van der Waals surface area contributed by atoms with Gasteiger partial charge in [0.1, 0.15) is 16.4 Å². The quantitative estimate of drug-likeness (QED) is 0.620. The first-order valence-electron chi connectivity index (χ1n) is 6.30. The van der Waals surface area contributed by atoms with Gasteiger partial charge in [-0.15, -0.1) is 10.2 Å². The molecule has 0 amide bonds. The Hall–Kier alpha value is -2.68. The van der Waals surface area contributed by atoms with Crippen LogP contribution in [0.15, 0.2) is 26.7 Å². The summed E-state index contributed by atoms with van der Waals surface area (Å²) in [7, 11) is 2.69. The predicted molar refractivity (Wildman–Crippen MR) is 79.5 cm³/mol. The van der Waals surface area contributed by atoms with E-state index in [0.29, 0.717) is 11.5 Å². The van der Waals surface area contributed by atoms with Crippen molar-refractivity contribution < 1.29 is 28.9 Å². The van der Waals surface area contributed by atoms with Crippen LogP contribution in [0.1, 0.15) is 11.5 Å². The van der Waals surface area contributed by atoms with Crippen LogP contribution in [0.5, 0.6) is 17.2 Å². The second-order valence-electron chi connectivity index (χ2n) is 4.26.